The van der Waals surface area contributed by atoms with Gasteiger partial charge in [0.1, 0.15) is 5.75 Å². The zero-order valence-corrected chi connectivity index (χ0v) is 31.4. The summed E-state index contributed by atoms with van der Waals surface area (Å²) >= 11 is 0. The van der Waals surface area contributed by atoms with E-state index >= 15 is 0 Å². The van der Waals surface area contributed by atoms with Crippen molar-refractivity contribution >= 4 is 34.1 Å². The molecule has 57 heavy (non-hydrogen) atoms. The number of para-hydroxylation sites is 4. The van der Waals surface area contributed by atoms with Gasteiger partial charge in [-0.3, -0.25) is 0 Å². The number of phenolic OH excluding ortho intramolecular Hbond substituents is 1. The fraction of sp³-hybridized carbons (Fsp3) is 0.0192. The number of aromatic hydroxyl groups is 1. The SMILES string of the molecule is Cc1cc(-c2ccc(N(c3ccccc3)c3ccccc3)cc2)cc(-c2ncc(-c3ccc(-c4ccc(N(c5ccccc5)c5ccccc5)cc4)cc3)o2)c1O. The molecule has 5 nitrogen and oxygen atoms in total. The third-order valence-electron chi connectivity index (χ3n) is 10.2. The highest BCUT2D eigenvalue weighted by molar-refractivity contribution is 5.82. The number of rotatable bonds is 10. The van der Waals surface area contributed by atoms with E-state index in [1.165, 1.54) is 0 Å². The van der Waals surface area contributed by atoms with Gasteiger partial charge in [-0.2, -0.15) is 0 Å². The van der Waals surface area contributed by atoms with Crippen molar-refractivity contribution in [1.29, 1.82) is 0 Å². The molecule has 8 aromatic carbocycles. The van der Waals surface area contributed by atoms with Crippen LogP contribution in [0.4, 0.5) is 34.1 Å². The first kappa shape index (κ1) is 35.1. The van der Waals surface area contributed by atoms with Crippen molar-refractivity contribution in [2.75, 3.05) is 9.80 Å². The average molecular weight is 738 g/mol. The van der Waals surface area contributed by atoms with Crippen LogP contribution in [0.2, 0.25) is 0 Å². The maximum atomic E-state index is 11.2. The summed E-state index contributed by atoms with van der Waals surface area (Å²) < 4.78 is 6.32. The zero-order valence-electron chi connectivity index (χ0n) is 31.4. The van der Waals surface area contributed by atoms with Crippen LogP contribution in [0, 0.1) is 6.92 Å². The summed E-state index contributed by atoms with van der Waals surface area (Å²) in [7, 11) is 0. The summed E-state index contributed by atoms with van der Waals surface area (Å²) in [6.07, 6.45) is 1.72. The van der Waals surface area contributed by atoms with Gasteiger partial charge in [0.05, 0.1) is 11.8 Å². The number of hydrogen-bond acceptors (Lipinski definition) is 5. The highest BCUT2D eigenvalue weighted by atomic mass is 16.4. The van der Waals surface area contributed by atoms with Gasteiger partial charge < -0.3 is 19.3 Å². The second kappa shape index (κ2) is 15.6. The Morgan fingerprint density at radius 3 is 1.18 bits per heavy atom. The molecular formula is C52H39N3O2. The molecule has 5 heteroatoms. The van der Waals surface area contributed by atoms with Crippen LogP contribution >= 0.6 is 0 Å². The average Bonchev–Trinajstić information content (AvgIpc) is 3.77. The number of nitrogens with zero attached hydrogens (tertiary/aromatic N) is 3. The molecule has 0 aliphatic heterocycles. The van der Waals surface area contributed by atoms with Gasteiger partial charge in [-0.15, -0.1) is 0 Å². The molecule has 274 valence electrons. The minimum absolute atomic E-state index is 0.153. The number of anilines is 6. The molecule has 0 bridgehead atoms. The Bertz CT molecular complexity index is 2640. The van der Waals surface area contributed by atoms with Crippen molar-refractivity contribution in [2.45, 2.75) is 6.92 Å². The fourth-order valence-corrected chi connectivity index (χ4v) is 7.28. The lowest BCUT2D eigenvalue weighted by Gasteiger charge is -2.25. The molecule has 0 fully saturated rings. The van der Waals surface area contributed by atoms with Gasteiger partial charge >= 0.3 is 0 Å². The highest BCUT2D eigenvalue weighted by Crippen LogP contribution is 2.40. The van der Waals surface area contributed by atoms with Crippen molar-refractivity contribution < 1.29 is 9.52 Å². The van der Waals surface area contributed by atoms with E-state index in [-0.39, 0.29) is 5.75 Å². The smallest absolute Gasteiger partial charge is 0.230 e. The van der Waals surface area contributed by atoms with E-state index < -0.39 is 0 Å². The lowest BCUT2D eigenvalue weighted by atomic mass is 9.98. The Morgan fingerprint density at radius 2 is 0.754 bits per heavy atom. The van der Waals surface area contributed by atoms with Gasteiger partial charge in [-0.05, 0) is 120 Å². The van der Waals surface area contributed by atoms with E-state index in [2.05, 4.69) is 173 Å². The molecule has 9 aromatic rings. The molecule has 0 radical (unpaired) electrons. The van der Waals surface area contributed by atoms with Gasteiger partial charge in [-0.25, -0.2) is 4.98 Å². The Labute approximate surface area is 333 Å². The van der Waals surface area contributed by atoms with Crippen molar-refractivity contribution in [3.63, 3.8) is 0 Å². The molecule has 0 saturated carbocycles. The van der Waals surface area contributed by atoms with Crippen molar-refractivity contribution in [2.24, 2.45) is 0 Å². The highest BCUT2D eigenvalue weighted by Gasteiger charge is 2.18. The van der Waals surface area contributed by atoms with Crippen molar-refractivity contribution in [3.8, 4) is 50.8 Å². The Hall–Kier alpha value is -7.63. The van der Waals surface area contributed by atoms with Crippen LogP contribution in [-0.4, -0.2) is 10.1 Å². The van der Waals surface area contributed by atoms with E-state index in [4.69, 9.17) is 4.42 Å². The number of hydrogen-bond donors (Lipinski definition) is 1. The summed E-state index contributed by atoms with van der Waals surface area (Å²) in [5.41, 5.74) is 12.9. The summed E-state index contributed by atoms with van der Waals surface area (Å²) in [5, 5.41) is 11.2. The minimum Gasteiger partial charge on any atom is -0.507 e. The predicted molar refractivity (Wildman–Crippen MR) is 234 cm³/mol. The van der Waals surface area contributed by atoms with Crippen LogP contribution < -0.4 is 9.80 Å². The maximum Gasteiger partial charge on any atom is 0.230 e. The topological polar surface area (TPSA) is 52.7 Å². The summed E-state index contributed by atoms with van der Waals surface area (Å²) in [4.78, 5) is 9.11. The third-order valence-corrected chi connectivity index (χ3v) is 10.2. The fourth-order valence-electron chi connectivity index (χ4n) is 7.28. The maximum absolute atomic E-state index is 11.2. The Kier molecular flexibility index (Phi) is 9.61. The van der Waals surface area contributed by atoms with Crippen molar-refractivity contribution in [3.05, 3.63) is 218 Å². The van der Waals surface area contributed by atoms with Crippen LogP contribution in [0.15, 0.2) is 217 Å². The Balaban J connectivity index is 0.951. The molecule has 0 atom stereocenters. The third kappa shape index (κ3) is 7.30. The lowest BCUT2D eigenvalue weighted by molar-refractivity contribution is 0.469. The van der Waals surface area contributed by atoms with E-state index in [1.54, 1.807) is 6.20 Å². The zero-order chi connectivity index (χ0) is 38.6. The predicted octanol–water partition coefficient (Wildman–Crippen LogP) is 14.3. The summed E-state index contributed by atoms with van der Waals surface area (Å²) in [6.45, 7) is 1.90. The lowest BCUT2D eigenvalue weighted by Crippen LogP contribution is -2.09. The van der Waals surface area contributed by atoms with Crippen LogP contribution in [0.25, 0.3) is 45.0 Å². The van der Waals surface area contributed by atoms with Crippen LogP contribution in [0.3, 0.4) is 0 Å². The van der Waals surface area contributed by atoms with Crippen LogP contribution in [0.5, 0.6) is 5.75 Å². The van der Waals surface area contributed by atoms with E-state index in [1.807, 2.05) is 55.5 Å². The molecule has 9 rings (SSSR count). The molecule has 0 unspecified atom stereocenters. The normalized spacial score (nSPS) is 11.0. The van der Waals surface area contributed by atoms with E-state index in [9.17, 15) is 5.11 Å². The van der Waals surface area contributed by atoms with E-state index in [0.717, 1.165) is 67.5 Å². The van der Waals surface area contributed by atoms with Gasteiger partial charge in [-0.1, -0.05) is 121 Å². The molecular weight excluding hydrogens is 699 g/mol. The molecule has 1 aromatic heterocycles. The van der Waals surface area contributed by atoms with Crippen LogP contribution in [0.1, 0.15) is 5.56 Å². The number of benzene rings is 8. The Morgan fingerprint density at radius 1 is 0.404 bits per heavy atom. The second-order valence-electron chi connectivity index (χ2n) is 13.9. The summed E-state index contributed by atoms with van der Waals surface area (Å²) in [6, 6.07) is 70.9. The second-order valence-corrected chi connectivity index (χ2v) is 13.9. The first-order chi connectivity index (χ1) is 28.1. The quantitative estimate of drug-likeness (QED) is 0.151. The molecule has 1 N–H and O–H groups in total. The molecule has 0 spiro atoms. The monoisotopic (exact) mass is 737 g/mol. The molecule has 0 aliphatic rings. The number of oxazole rings is 1. The standard InChI is InChI=1S/C52H39N3O2/c1-37-34-42(40-28-32-48(33-29-40)55(45-18-10-4-11-19-45)46-20-12-5-13-21-46)35-49(51(37)56)52-53-36-50(57-52)41-24-22-38(23-25-41)39-26-30-47(31-27-39)54(43-14-6-2-7-15-43)44-16-8-3-9-17-44/h2-36,56H,1H3. The van der Waals surface area contributed by atoms with Crippen LogP contribution in [-0.2, 0) is 0 Å². The minimum atomic E-state index is 0.153. The largest absolute Gasteiger partial charge is 0.507 e. The molecule has 0 aliphatic carbocycles. The van der Waals surface area contributed by atoms with Gasteiger partial charge in [0.2, 0.25) is 5.89 Å². The number of aromatic nitrogens is 1. The molecule has 0 saturated heterocycles. The number of phenols is 1. The number of aryl methyl sites for hydroxylation is 1. The van der Waals surface area contributed by atoms with Crippen molar-refractivity contribution in [1.82, 2.24) is 4.98 Å². The first-order valence-corrected chi connectivity index (χ1v) is 19.0. The van der Waals surface area contributed by atoms with Gasteiger partial charge in [0, 0.05) is 39.7 Å². The van der Waals surface area contributed by atoms with Gasteiger partial charge in [0.15, 0.2) is 5.76 Å². The van der Waals surface area contributed by atoms with E-state index in [0.29, 0.717) is 17.2 Å². The molecule has 1 heterocycles. The first-order valence-electron chi connectivity index (χ1n) is 19.0. The summed E-state index contributed by atoms with van der Waals surface area (Å²) in [5.74, 6) is 1.14. The van der Waals surface area contributed by atoms with Gasteiger partial charge in [0.25, 0.3) is 0 Å². The molecule has 0 amide bonds.